The van der Waals surface area contributed by atoms with Crippen LogP contribution in [-0.2, 0) is 19.1 Å². The molecule has 180 valence electrons. The fraction of sp³-hybridized carbons (Fsp3) is 0.423. The minimum Gasteiger partial charge on any atom is -0.480 e. The summed E-state index contributed by atoms with van der Waals surface area (Å²) in [4.78, 5) is 35.8. The van der Waals surface area contributed by atoms with Gasteiger partial charge in [0.15, 0.2) is 0 Å². The summed E-state index contributed by atoms with van der Waals surface area (Å²) in [6, 6.07) is 16.0. The predicted octanol–water partition coefficient (Wildman–Crippen LogP) is 3.30. The third-order valence-corrected chi connectivity index (χ3v) is 6.52. The van der Waals surface area contributed by atoms with Gasteiger partial charge in [0, 0.05) is 18.5 Å². The molecule has 0 aromatic heterocycles. The standard InChI is InChI=1S/C26H30N2O6/c29-24(30)16-33-14-13-27-25(31)21-11-5-6-12-23(21)28-26(32)34-15-22-19-9-3-1-7-17(19)18-8-2-4-10-20(18)22/h1-4,7-10,21-23H,5-6,11-16H2,(H,27,31)(H,28,32)(H,29,30)/t21-,23+/m0/s1. The van der Waals surface area contributed by atoms with Crippen molar-refractivity contribution in [3.63, 3.8) is 0 Å². The van der Waals surface area contributed by atoms with Gasteiger partial charge in [-0.15, -0.1) is 0 Å². The molecule has 2 aromatic rings. The SMILES string of the molecule is O=C(O)COCCNC(=O)[C@H]1CCCC[C@H]1NC(=O)OCC1c2ccccc2-c2ccccc21. The number of carbonyl (C=O) groups is 3. The quantitative estimate of drug-likeness (QED) is 0.489. The first-order valence-corrected chi connectivity index (χ1v) is 11.7. The fourth-order valence-electron chi connectivity index (χ4n) is 4.95. The average molecular weight is 467 g/mol. The van der Waals surface area contributed by atoms with E-state index in [4.69, 9.17) is 14.6 Å². The van der Waals surface area contributed by atoms with Crippen LogP contribution in [0.2, 0.25) is 0 Å². The summed E-state index contributed by atoms with van der Waals surface area (Å²) in [5.41, 5.74) is 4.64. The largest absolute Gasteiger partial charge is 0.480 e. The van der Waals surface area contributed by atoms with Gasteiger partial charge >= 0.3 is 12.1 Å². The van der Waals surface area contributed by atoms with Gasteiger partial charge in [0.2, 0.25) is 5.91 Å². The summed E-state index contributed by atoms with van der Waals surface area (Å²) >= 11 is 0. The highest BCUT2D eigenvalue weighted by Gasteiger charge is 2.33. The number of alkyl carbamates (subject to hydrolysis) is 1. The second kappa shape index (κ2) is 11.2. The maximum atomic E-state index is 12.7. The van der Waals surface area contributed by atoms with E-state index in [9.17, 15) is 14.4 Å². The van der Waals surface area contributed by atoms with Gasteiger partial charge in [0.1, 0.15) is 13.2 Å². The second-order valence-corrected chi connectivity index (χ2v) is 8.70. The van der Waals surface area contributed by atoms with Crippen molar-refractivity contribution in [2.45, 2.75) is 37.6 Å². The molecule has 1 saturated carbocycles. The normalized spacial score (nSPS) is 19.1. The average Bonchev–Trinajstić information content (AvgIpc) is 3.16. The Kier molecular flexibility index (Phi) is 7.80. The first-order chi connectivity index (χ1) is 16.5. The molecule has 8 heteroatoms. The van der Waals surface area contributed by atoms with Crippen molar-refractivity contribution in [2.75, 3.05) is 26.4 Å². The summed E-state index contributed by atoms with van der Waals surface area (Å²) in [5, 5.41) is 14.3. The van der Waals surface area contributed by atoms with Crippen molar-refractivity contribution >= 4 is 18.0 Å². The number of hydrogen-bond donors (Lipinski definition) is 3. The number of carbonyl (C=O) groups excluding carboxylic acids is 2. The number of ether oxygens (including phenoxy) is 2. The lowest BCUT2D eigenvalue weighted by molar-refractivity contribution is -0.142. The molecule has 0 saturated heterocycles. The Balaban J connectivity index is 1.30. The molecule has 0 spiro atoms. The molecule has 34 heavy (non-hydrogen) atoms. The number of amides is 2. The second-order valence-electron chi connectivity index (χ2n) is 8.70. The molecule has 2 aliphatic carbocycles. The maximum absolute atomic E-state index is 12.7. The topological polar surface area (TPSA) is 114 Å². The molecule has 2 amide bonds. The molecular weight excluding hydrogens is 436 g/mol. The van der Waals surface area contributed by atoms with Gasteiger partial charge in [-0.2, -0.15) is 0 Å². The van der Waals surface area contributed by atoms with E-state index in [1.165, 1.54) is 11.1 Å². The highest BCUT2D eigenvalue weighted by molar-refractivity contribution is 5.81. The number of hydrogen-bond acceptors (Lipinski definition) is 5. The molecule has 2 aromatic carbocycles. The van der Waals surface area contributed by atoms with Crippen LogP contribution in [0.3, 0.4) is 0 Å². The van der Waals surface area contributed by atoms with Crippen LogP contribution >= 0.6 is 0 Å². The van der Waals surface area contributed by atoms with Gasteiger partial charge in [-0.3, -0.25) is 4.79 Å². The van der Waals surface area contributed by atoms with E-state index in [1.807, 2.05) is 24.3 Å². The van der Waals surface area contributed by atoms with Crippen molar-refractivity contribution in [1.29, 1.82) is 0 Å². The number of carboxylic acid groups (broad SMARTS) is 1. The lowest BCUT2D eigenvalue weighted by Gasteiger charge is -2.31. The summed E-state index contributed by atoms with van der Waals surface area (Å²) < 4.78 is 10.6. The van der Waals surface area contributed by atoms with Crippen molar-refractivity contribution in [3.8, 4) is 11.1 Å². The number of benzene rings is 2. The number of nitrogens with one attached hydrogen (secondary N) is 2. The van der Waals surface area contributed by atoms with Crippen molar-refractivity contribution in [2.24, 2.45) is 5.92 Å². The Morgan fingerprint density at radius 2 is 1.59 bits per heavy atom. The molecule has 8 nitrogen and oxygen atoms in total. The van der Waals surface area contributed by atoms with Gasteiger partial charge in [0.25, 0.3) is 0 Å². The van der Waals surface area contributed by atoms with Gasteiger partial charge < -0.3 is 25.2 Å². The highest BCUT2D eigenvalue weighted by Crippen LogP contribution is 2.44. The molecule has 0 radical (unpaired) electrons. The van der Waals surface area contributed by atoms with E-state index in [0.717, 1.165) is 24.0 Å². The minimum absolute atomic E-state index is 0.0191. The molecule has 0 bridgehead atoms. The summed E-state index contributed by atoms with van der Waals surface area (Å²) in [7, 11) is 0. The molecule has 0 aliphatic heterocycles. The van der Waals surface area contributed by atoms with Gasteiger partial charge in [-0.1, -0.05) is 61.4 Å². The van der Waals surface area contributed by atoms with Gasteiger partial charge in [-0.25, -0.2) is 9.59 Å². The predicted molar refractivity (Wildman–Crippen MR) is 125 cm³/mol. The maximum Gasteiger partial charge on any atom is 0.407 e. The van der Waals surface area contributed by atoms with Crippen LogP contribution in [0.15, 0.2) is 48.5 Å². The van der Waals surface area contributed by atoms with Crippen molar-refractivity contribution in [3.05, 3.63) is 59.7 Å². The van der Waals surface area contributed by atoms with Crippen LogP contribution in [-0.4, -0.2) is 55.5 Å². The Hall–Kier alpha value is -3.39. The molecule has 3 N–H and O–H groups in total. The lowest BCUT2D eigenvalue weighted by Crippen LogP contribution is -2.49. The third kappa shape index (κ3) is 5.56. The monoisotopic (exact) mass is 466 g/mol. The Labute approximate surface area is 198 Å². The van der Waals surface area contributed by atoms with Crippen LogP contribution < -0.4 is 10.6 Å². The molecule has 0 unspecified atom stereocenters. The van der Waals surface area contributed by atoms with Crippen LogP contribution in [0.1, 0.15) is 42.7 Å². The van der Waals surface area contributed by atoms with Crippen molar-refractivity contribution in [1.82, 2.24) is 10.6 Å². The summed E-state index contributed by atoms with van der Waals surface area (Å²) in [5.74, 6) is -1.59. The number of carboxylic acids is 1. The van der Waals surface area contributed by atoms with Crippen LogP contribution in [0, 0.1) is 5.92 Å². The zero-order valence-electron chi connectivity index (χ0n) is 19.0. The van der Waals surface area contributed by atoms with E-state index < -0.39 is 18.7 Å². The van der Waals surface area contributed by atoms with Crippen LogP contribution in [0.25, 0.3) is 11.1 Å². The van der Waals surface area contributed by atoms with E-state index in [2.05, 4.69) is 34.9 Å². The van der Waals surface area contributed by atoms with E-state index in [0.29, 0.717) is 12.8 Å². The van der Waals surface area contributed by atoms with Crippen LogP contribution in [0.5, 0.6) is 0 Å². The van der Waals surface area contributed by atoms with Crippen LogP contribution in [0.4, 0.5) is 4.79 Å². The minimum atomic E-state index is -1.05. The summed E-state index contributed by atoms with van der Waals surface area (Å²) in [6.07, 6.45) is 2.71. The lowest BCUT2D eigenvalue weighted by atomic mass is 9.84. The molecule has 2 aliphatic rings. The Bertz CT molecular complexity index is 994. The van der Waals surface area contributed by atoms with E-state index >= 15 is 0 Å². The van der Waals surface area contributed by atoms with E-state index in [1.54, 1.807) is 0 Å². The van der Waals surface area contributed by atoms with Gasteiger partial charge in [-0.05, 0) is 35.1 Å². The molecule has 4 rings (SSSR count). The zero-order valence-corrected chi connectivity index (χ0v) is 19.0. The number of fused-ring (bicyclic) bond motifs is 3. The first-order valence-electron chi connectivity index (χ1n) is 11.7. The van der Waals surface area contributed by atoms with Gasteiger partial charge in [0.05, 0.1) is 12.5 Å². The van der Waals surface area contributed by atoms with Crippen molar-refractivity contribution < 1.29 is 29.0 Å². The molecule has 0 heterocycles. The third-order valence-electron chi connectivity index (χ3n) is 6.52. The number of aliphatic carboxylic acids is 1. The molecule has 2 atom stereocenters. The zero-order chi connectivity index (χ0) is 23.9. The fourth-order valence-corrected chi connectivity index (χ4v) is 4.95. The van der Waals surface area contributed by atoms with E-state index in [-0.39, 0.29) is 43.5 Å². The molecular formula is C26H30N2O6. The Morgan fingerprint density at radius 1 is 0.941 bits per heavy atom. The Morgan fingerprint density at radius 3 is 2.26 bits per heavy atom. The first kappa shape index (κ1) is 23.8. The summed E-state index contributed by atoms with van der Waals surface area (Å²) in [6.45, 7) is 0.172. The number of rotatable bonds is 9. The molecule has 1 fully saturated rings. The highest BCUT2D eigenvalue weighted by atomic mass is 16.5. The smallest absolute Gasteiger partial charge is 0.407 e.